The van der Waals surface area contributed by atoms with Gasteiger partial charge < -0.3 is 14.8 Å². The second kappa shape index (κ2) is 9.41. The third-order valence-electron chi connectivity index (χ3n) is 3.86. The van der Waals surface area contributed by atoms with Gasteiger partial charge in [0, 0.05) is 7.05 Å². The number of nitrogens with zero attached hydrogens (tertiary/aromatic N) is 1. The SMILES string of the molecule is C[C@@H](Oc1ccc(N(C)S(C)(=O)=O)cc1)C(=O)NCCOc1ccc(F)cc1. The Balaban J connectivity index is 1.77. The van der Waals surface area contributed by atoms with E-state index in [9.17, 15) is 17.6 Å². The fraction of sp³-hybridized carbons (Fsp3) is 0.316. The number of hydrogen-bond donors (Lipinski definition) is 1. The molecular formula is C19H23FN2O5S. The third kappa shape index (κ3) is 6.41. The highest BCUT2D eigenvalue weighted by Crippen LogP contribution is 2.21. The van der Waals surface area contributed by atoms with Crippen molar-refractivity contribution in [2.45, 2.75) is 13.0 Å². The minimum absolute atomic E-state index is 0.233. The van der Waals surface area contributed by atoms with E-state index in [-0.39, 0.29) is 24.9 Å². The third-order valence-corrected chi connectivity index (χ3v) is 5.07. The second-order valence-electron chi connectivity index (χ2n) is 6.08. The molecule has 28 heavy (non-hydrogen) atoms. The smallest absolute Gasteiger partial charge is 0.260 e. The Morgan fingerprint density at radius 3 is 2.25 bits per heavy atom. The van der Waals surface area contributed by atoms with Crippen molar-refractivity contribution in [2.75, 3.05) is 30.8 Å². The van der Waals surface area contributed by atoms with Crippen LogP contribution in [0.1, 0.15) is 6.92 Å². The maximum Gasteiger partial charge on any atom is 0.260 e. The lowest BCUT2D eigenvalue weighted by Crippen LogP contribution is -2.38. The minimum atomic E-state index is -3.34. The zero-order valence-corrected chi connectivity index (χ0v) is 16.7. The van der Waals surface area contributed by atoms with E-state index in [4.69, 9.17) is 9.47 Å². The van der Waals surface area contributed by atoms with Crippen LogP contribution in [0.4, 0.5) is 10.1 Å². The van der Waals surface area contributed by atoms with Crippen LogP contribution in [-0.4, -0.2) is 46.9 Å². The molecule has 9 heteroatoms. The second-order valence-corrected chi connectivity index (χ2v) is 8.09. The summed E-state index contributed by atoms with van der Waals surface area (Å²) in [6, 6.07) is 12.0. The molecule has 2 aromatic rings. The van der Waals surface area contributed by atoms with Crippen molar-refractivity contribution in [2.24, 2.45) is 0 Å². The summed E-state index contributed by atoms with van der Waals surface area (Å²) in [6.45, 7) is 2.10. The average molecular weight is 410 g/mol. The predicted octanol–water partition coefficient (Wildman–Crippen LogP) is 2.18. The summed E-state index contributed by atoms with van der Waals surface area (Å²) in [6.07, 6.45) is 0.369. The number of rotatable bonds is 9. The summed E-state index contributed by atoms with van der Waals surface area (Å²) in [4.78, 5) is 12.1. The number of halogens is 1. The van der Waals surface area contributed by atoms with Gasteiger partial charge in [-0.2, -0.15) is 0 Å². The molecule has 1 atom stereocenters. The molecule has 2 aromatic carbocycles. The molecule has 0 saturated carbocycles. The van der Waals surface area contributed by atoms with Crippen molar-refractivity contribution in [3.8, 4) is 11.5 Å². The van der Waals surface area contributed by atoms with Crippen LogP contribution in [0.15, 0.2) is 48.5 Å². The van der Waals surface area contributed by atoms with Crippen LogP contribution in [0, 0.1) is 5.82 Å². The van der Waals surface area contributed by atoms with Gasteiger partial charge >= 0.3 is 0 Å². The number of nitrogens with one attached hydrogen (secondary N) is 1. The van der Waals surface area contributed by atoms with Crippen LogP contribution in [0.3, 0.4) is 0 Å². The number of amides is 1. The largest absolute Gasteiger partial charge is 0.492 e. The van der Waals surface area contributed by atoms with Crippen molar-refractivity contribution in [1.82, 2.24) is 5.32 Å². The number of carbonyl (C=O) groups excluding carboxylic acids is 1. The maximum atomic E-state index is 12.8. The van der Waals surface area contributed by atoms with Gasteiger partial charge in [0.2, 0.25) is 10.0 Å². The van der Waals surface area contributed by atoms with E-state index in [0.29, 0.717) is 17.2 Å². The molecule has 0 aliphatic carbocycles. The molecule has 0 unspecified atom stereocenters. The van der Waals surface area contributed by atoms with Gasteiger partial charge in [0.15, 0.2) is 6.10 Å². The lowest BCUT2D eigenvalue weighted by Gasteiger charge is -2.18. The van der Waals surface area contributed by atoms with E-state index >= 15 is 0 Å². The fourth-order valence-corrected chi connectivity index (χ4v) is 2.71. The maximum absolute atomic E-state index is 12.8. The van der Waals surface area contributed by atoms with Crippen LogP contribution in [-0.2, 0) is 14.8 Å². The highest BCUT2D eigenvalue weighted by Gasteiger charge is 2.15. The molecular weight excluding hydrogens is 387 g/mol. The monoisotopic (exact) mass is 410 g/mol. The average Bonchev–Trinajstić information content (AvgIpc) is 2.65. The number of sulfonamides is 1. The van der Waals surface area contributed by atoms with Gasteiger partial charge in [0.1, 0.15) is 23.9 Å². The Morgan fingerprint density at radius 1 is 1.11 bits per heavy atom. The van der Waals surface area contributed by atoms with Gasteiger partial charge in [-0.3, -0.25) is 9.10 Å². The molecule has 0 fully saturated rings. The van der Waals surface area contributed by atoms with E-state index in [1.165, 1.54) is 31.3 Å². The number of benzene rings is 2. The molecule has 0 aromatic heterocycles. The zero-order chi connectivity index (χ0) is 20.7. The summed E-state index contributed by atoms with van der Waals surface area (Å²) in [5.74, 6) is 0.289. The molecule has 0 aliphatic heterocycles. The fourth-order valence-electron chi connectivity index (χ4n) is 2.20. The first-order valence-corrected chi connectivity index (χ1v) is 10.4. The van der Waals surface area contributed by atoms with Crippen LogP contribution in [0.25, 0.3) is 0 Å². The van der Waals surface area contributed by atoms with Gasteiger partial charge in [-0.25, -0.2) is 12.8 Å². The van der Waals surface area contributed by atoms with E-state index in [2.05, 4.69) is 5.32 Å². The van der Waals surface area contributed by atoms with Gasteiger partial charge in [-0.1, -0.05) is 0 Å². The van der Waals surface area contributed by atoms with Crippen molar-refractivity contribution >= 4 is 21.6 Å². The molecule has 1 N–H and O–H groups in total. The standard InChI is InChI=1S/C19H23FN2O5S/c1-14(19(23)21-12-13-26-17-8-4-15(20)5-9-17)27-18-10-6-16(7-11-18)22(2)28(3,24)25/h4-11,14H,12-13H2,1-3H3,(H,21,23)/t14-/m1/s1. The highest BCUT2D eigenvalue weighted by molar-refractivity contribution is 7.92. The Kier molecular flexibility index (Phi) is 7.22. The number of ether oxygens (including phenoxy) is 2. The molecule has 152 valence electrons. The van der Waals surface area contributed by atoms with Crippen molar-refractivity contribution in [1.29, 1.82) is 0 Å². The summed E-state index contributed by atoms with van der Waals surface area (Å²) >= 11 is 0. The molecule has 0 bridgehead atoms. The summed E-state index contributed by atoms with van der Waals surface area (Å²) in [7, 11) is -1.89. The quantitative estimate of drug-likeness (QED) is 0.641. The number of carbonyl (C=O) groups is 1. The lowest BCUT2D eigenvalue weighted by molar-refractivity contribution is -0.127. The number of anilines is 1. The minimum Gasteiger partial charge on any atom is -0.492 e. The van der Waals surface area contributed by atoms with E-state index in [1.54, 1.807) is 31.2 Å². The molecule has 0 heterocycles. The van der Waals surface area contributed by atoms with Crippen LogP contribution < -0.4 is 19.1 Å². The Morgan fingerprint density at radius 2 is 1.68 bits per heavy atom. The molecule has 0 saturated heterocycles. The summed E-state index contributed by atoms with van der Waals surface area (Å²) in [5.41, 5.74) is 0.491. The Hall–Kier alpha value is -2.81. The predicted molar refractivity (Wildman–Crippen MR) is 105 cm³/mol. The molecule has 2 rings (SSSR count). The van der Waals surface area contributed by atoms with Gasteiger partial charge in [0.05, 0.1) is 18.5 Å². The van der Waals surface area contributed by atoms with Crippen molar-refractivity contribution in [3.05, 3.63) is 54.3 Å². The highest BCUT2D eigenvalue weighted by atomic mass is 32.2. The molecule has 0 spiro atoms. The zero-order valence-electron chi connectivity index (χ0n) is 15.9. The van der Waals surface area contributed by atoms with E-state index in [1.807, 2.05) is 0 Å². The number of hydrogen-bond acceptors (Lipinski definition) is 5. The first kappa shape index (κ1) is 21.5. The topological polar surface area (TPSA) is 84.9 Å². The molecule has 1 amide bonds. The van der Waals surface area contributed by atoms with Crippen molar-refractivity contribution in [3.63, 3.8) is 0 Å². The van der Waals surface area contributed by atoms with Crippen molar-refractivity contribution < 1.29 is 27.1 Å². The van der Waals surface area contributed by atoms with Crippen LogP contribution >= 0.6 is 0 Å². The lowest BCUT2D eigenvalue weighted by atomic mass is 10.3. The molecule has 7 nitrogen and oxygen atoms in total. The van der Waals surface area contributed by atoms with E-state index < -0.39 is 16.1 Å². The normalized spacial score (nSPS) is 12.1. The first-order valence-electron chi connectivity index (χ1n) is 8.53. The summed E-state index contributed by atoms with van der Waals surface area (Å²) in [5, 5.41) is 2.68. The van der Waals surface area contributed by atoms with Crippen LogP contribution in [0.5, 0.6) is 11.5 Å². The Labute approximate surface area is 164 Å². The van der Waals surface area contributed by atoms with Crippen LogP contribution in [0.2, 0.25) is 0 Å². The summed E-state index contributed by atoms with van der Waals surface area (Å²) < 4.78 is 48.0. The Bertz CT molecular complexity index is 886. The van der Waals surface area contributed by atoms with Gasteiger partial charge in [-0.15, -0.1) is 0 Å². The van der Waals surface area contributed by atoms with Gasteiger partial charge in [0.25, 0.3) is 5.91 Å². The van der Waals surface area contributed by atoms with E-state index in [0.717, 1.165) is 10.6 Å². The van der Waals surface area contributed by atoms with Gasteiger partial charge in [-0.05, 0) is 55.5 Å². The first-order chi connectivity index (χ1) is 13.2. The molecule has 0 radical (unpaired) electrons. The molecule has 0 aliphatic rings.